The van der Waals surface area contributed by atoms with Crippen molar-refractivity contribution in [3.63, 3.8) is 0 Å². The molecule has 1 saturated heterocycles. The van der Waals surface area contributed by atoms with E-state index >= 15 is 0 Å². The van der Waals surface area contributed by atoms with Gasteiger partial charge in [-0.15, -0.1) is 0 Å². The molecule has 17 heavy (non-hydrogen) atoms. The summed E-state index contributed by atoms with van der Waals surface area (Å²) in [4.78, 5) is 0. The smallest absolute Gasteiger partial charge is 0.105 e. The van der Waals surface area contributed by atoms with Crippen LogP contribution in [0, 0.1) is 19.8 Å². The molecule has 3 heteroatoms. The summed E-state index contributed by atoms with van der Waals surface area (Å²) >= 11 is 0. The molecule has 0 bridgehead atoms. The highest BCUT2D eigenvalue weighted by Gasteiger charge is 2.22. The molecule has 1 aromatic rings. The molecule has 1 N–H and O–H groups in total. The number of rotatable bonds is 4. The summed E-state index contributed by atoms with van der Waals surface area (Å²) in [7, 11) is 2.03. The second-order valence-corrected chi connectivity index (χ2v) is 5.00. The van der Waals surface area contributed by atoms with Gasteiger partial charge in [0.05, 0.1) is 0 Å². The van der Waals surface area contributed by atoms with E-state index in [1.807, 2.05) is 14.0 Å². The molecule has 0 saturated carbocycles. The topological polar surface area (TPSA) is 34.4 Å². The Balaban J connectivity index is 2.02. The Labute approximate surface area is 104 Å². The minimum atomic E-state index is 0.413. The Bertz CT molecular complexity index is 353. The van der Waals surface area contributed by atoms with Crippen LogP contribution in [0.4, 0.5) is 0 Å². The van der Waals surface area contributed by atoms with Crippen molar-refractivity contribution in [1.82, 2.24) is 5.32 Å². The van der Waals surface area contributed by atoms with E-state index < -0.39 is 0 Å². The lowest BCUT2D eigenvalue weighted by Crippen LogP contribution is -2.24. The molecule has 1 unspecified atom stereocenters. The predicted octanol–water partition coefficient (Wildman–Crippen LogP) is 2.97. The van der Waals surface area contributed by atoms with Gasteiger partial charge in [0.1, 0.15) is 11.5 Å². The lowest BCUT2D eigenvalue weighted by molar-refractivity contribution is 0.0607. The van der Waals surface area contributed by atoms with Crippen molar-refractivity contribution in [1.29, 1.82) is 0 Å². The molecule has 1 aromatic heterocycles. The lowest BCUT2D eigenvalue weighted by Gasteiger charge is -2.26. The molecular formula is C14H23NO2. The zero-order valence-electron chi connectivity index (χ0n) is 11.1. The van der Waals surface area contributed by atoms with Crippen LogP contribution in [0.1, 0.15) is 42.4 Å². The van der Waals surface area contributed by atoms with Crippen molar-refractivity contribution in [3.8, 4) is 0 Å². The van der Waals surface area contributed by atoms with Crippen molar-refractivity contribution >= 4 is 0 Å². The van der Waals surface area contributed by atoms with Gasteiger partial charge in [-0.2, -0.15) is 0 Å². The van der Waals surface area contributed by atoms with Crippen LogP contribution in [0.5, 0.6) is 0 Å². The maximum absolute atomic E-state index is 5.62. The minimum Gasteiger partial charge on any atom is -0.466 e. The maximum atomic E-state index is 5.62. The number of ether oxygens (including phenoxy) is 1. The summed E-state index contributed by atoms with van der Waals surface area (Å²) in [6.45, 7) is 5.91. The van der Waals surface area contributed by atoms with Gasteiger partial charge in [-0.05, 0) is 52.1 Å². The SMILES string of the molecule is CNC(CC1CCOCC1)c1cc(C)oc1C. The van der Waals surface area contributed by atoms with E-state index in [0.717, 1.165) is 30.7 Å². The van der Waals surface area contributed by atoms with Crippen LogP contribution < -0.4 is 5.32 Å². The quantitative estimate of drug-likeness (QED) is 0.874. The van der Waals surface area contributed by atoms with Gasteiger partial charge in [-0.3, -0.25) is 0 Å². The van der Waals surface area contributed by atoms with E-state index in [0.29, 0.717) is 6.04 Å². The fourth-order valence-electron chi connectivity index (χ4n) is 2.71. The van der Waals surface area contributed by atoms with E-state index in [-0.39, 0.29) is 0 Å². The fourth-order valence-corrected chi connectivity index (χ4v) is 2.71. The molecule has 1 aliphatic heterocycles. The largest absolute Gasteiger partial charge is 0.466 e. The molecule has 0 aliphatic carbocycles. The van der Waals surface area contributed by atoms with E-state index in [2.05, 4.69) is 18.3 Å². The number of hydrogen-bond acceptors (Lipinski definition) is 3. The van der Waals surface area contributed by atoms with Crippen LogP contribution in [-0.4, -0.2) is 20.3 Å². The van der Waals surface area contributed by atoms with Crippen LogP contribution in [0.3, 0.4) is 0 Å². The summed E-state index contributed by atoms with van der Waals surface area (Å²) in [6, 6.07) is 2.58. The third kappa shape index (κ3) is 3.11. The summed E-state index contributed by atoms with van der Waals surface area (Å²) in [5.41, 5.74) is 1.32. The van der Waals surface area contributed by atoms with Gasteiger partial charge < -0.3 is 14.5 Å². The molecule has 2 rings (SSSR count). The van der Waals surface area contributed by atoms with Crippen LogP contribution in [-0.2, 0) is 4.74 Å². The standard InChI is InChI=1S/C14H23NO2/c1-10-8-13(11(2)17-10)14(15-3)9-12-4-6-16-7-5-12/h8,12,14-15H,4-7,9H2,1-3H3. The zero-order chi connectivity index (χ0) is 12.3. The van der Waals surface area contributed by atoms with Gasteiger partial charge >= 0.3 is 0 Å². The highest BCUT2D eigenvalue weighted by Crippen LogP contribution is 2.30. The Hall–Kier alpha value is -0.800. The Morgan fingerprint density at radius 2 is 2.06 bits per heavy atom. The van der Waals surface area contributed by atoms with Gasteiger partial charge in [-0.25, -0.2) is 0 Å². The summed E-state index contributed by atoms with van der Waals surface area (Å²) in [5.74, 6) is 2.83. The van der Waals surface area contributed by atoms with Gasteiger partial charge in [0, 0.05) is 24.8 Å². The molecular weight excluding hydrogens is 214 g/mol. The molecule has 2 heterocycles. The van der Waals surface area contributed by atoms with Gasteiger partial charge in [0.25, 0.3) is 0 Å². The first-order valence-electron chi connectivity index (χ1n) is 6.52. The zero-order valence-corrected chi connectivity index (χ0v) is 11.1. The molecule has 0 amide bonds. The molecule has 0 aromatic carbocycles. The summed E-state index contributed by atoms with van der Waals surface area (Å²) in [5, 5.41) is 3.42. The van der Waals surface area contributed by atoms with E-state index in [4.69, 9.17) is 9.15 Å². The average Bonchev–Trinajstić information content (AvgIpc) is 2.67. The second-order valence-electron chi connectivity index (χ2n) is 5.00. The van der Waals surface area contributed by atoms with Crippen LogP contribution in [0.25, 0.3) is 0 Å². The Morgan fingerprint density at radius 3 is 2.59 bits per heavy atom. The van der Waals surface area contributed by atoms with E-state index in [1.54, 1.807) is 0 Å². The Morgan fingerprint density at radius 1 is 1.35 bits per heavy atom. The fraction of sp³-hybridized carbons (Fsp3) is 0.714. The molecule has 96 valence electrons. The first kappa shape index (κ1) is 12.7. The maximum Gasteiger partial charge on any atom is 0.105 e. The monoisotopic (exact) mass is 237 g/mol. The molecule has 1 fully saturated rings. The predicted molar refractivity (Wildman–Crippen MR) is 68.1 cm³/mol. The first-order valence-corrected chi connectivity index (χ1v) is 6.52. The summed E-state index contributed by atoms with van der Waals surface area (Å²) in [6.07, 6.45) is 3.56. The third-order valence-corrected chi connectivity index (χ3v) is 3.71. The molecule has 0 spiro atoms. The number of nitrogens with one attached hydrogen (secondary N) is 1. The van der Waals surface area contributed by atoms with Crippen LogP contribution in [0.15, 0.2) is 10.5 Å². The van der Waals surface area contributed by atoms with Gasteiger partial charge in [0.2, 0.25) is 0 Å². The van der Waals surface area contributed by atoms with Crippen LogP contribution >= 0.6 is 0 Å². The van der Waals surface area contributed by atoms with Crippen molar-refractivity contribution < 1.29 is 9.15 Å². The highest BCUT2D eigenvalue weighted by molar-refractivity contribution is 5.24. The van der Waals surface area contributed by atoms with Gasteiger partial charge in [0.15, 0.2) is 0 Å². The Kier molecular flexibility index (Phi) is 4.24. The minimum absolute atomic E-state index is 0.413. The van der Waals surface area contributed by atoms with Gasteiger partial charge in [-0.1, -0.05) is 0 Å². The van der Waals surface area contributed by atoms with E-state index in [1.165, 1.54) is 24.8 Å². The van der Waals surface area contributed by atoms with Crippen molar-refractivity contribution in [2.24, 2.45) is 5.92 Å². The number of hydrogen-bond donors (Lipinski definition) is 1. The number of aryl methyl sites for hydroxylation is 2. The third-order valence-electron chi connectivity index (χ3n) is 3.71. The summed E-state index contributed by atoms with van der Waals surface area (Å²) < 4.78 is 11.0. The van der Waals surface area contributed by atoms with Crippen molar-refractivity contribution in [2.45, 2.75) is 39.2 Å². The molecule has 1 atom stereocenters. The molecule has 0 radical (unpaired) electrons. The van der Waals surface area contributed by atoms with Crippen molar-refractivity contribution in [3.05, 3.63) is 23.2 Å². The highest BCUT2D eigenvalue weighted by atomic mass is 16.5. The first-order chi connectivity index (χ1) is 8.20. The second kappa shape index (κ2) is 5.69. The molecule has 3 nitrogen and oxygen atoms in total. The number of furan rings is 1. The van der Waals surface area contributed by atoms with E-state index in [9.17, 15) is 0 Å². The van der Waals surface area contributed by atoms with Crippen LogP contribution in [0.2, 0.25) is 0 Å². The lowest BCUT2D eigenvalue weighted by atomic mass is 9.89. The molecule has 1 aliphatic rings. The van der Waals surface area contributed by atoms with Crippen molar-refractivity contribution in [2.75, 3.05) is 20.3 Å². The normalized spacial score (nSPS) is 19.5. The average molecular weight is 237 g/mol.